The van der Waals surface area contributed by atoms with E-state index in [1.165, 1.54) is 4.90 Å². The summed E-state index contributed by atoms with van der Waals surface area (Å²) in [7, 11) is 0. The molecule has 0 radical (unpaired) electrons. The summed E-state index contributed by atoms with van der Waals surface area (Å²) in [5.74, 6) is 0.907. The van der Waals surface area contributed by atoms with Crippen molar-refractivity contribution in [1.82, 2.24) is 15.5 Å². The molecule has 0 aromatic carbocycles. The largest absolute Gasteiger partial charge is 0.401 e. The van der Waals surface area contributed by atoms with Crippen LogP contribution in [0, 0.1) is 5.92 Å². The first-order chi connectivity index (χ1) is 11.4. The van der Waals surface area contributed by atoms with Gasteiger partial charge in [-0.05, 0) is 51.5 Å². The van der Waals surface area contributed by atoms with Gasteiger partial charge in [-0.2, -0.15) is 13.2 Å². The van der Waals surface area contributed by atoms with Crippen LogP contribution >= 0.6 is 24.0 Å². The van der Waals surface area contributed by atoms with Gasteiger partial charge in [0, 0.05) is 25.7 Å². The Hall–Kier alpha value is -0.290. The predicted molar refractivity (Wildman–Crippen MR) is 103 cm³/mol. The smallest absolute Gasteiger partial charge is 0.393 e. The van der Waals surface area contributed by atoms with E-state index in [9.17, 15) is 18.3 Å². The van der Waals surface area contributed by atoms with Crippen molar-refractivity contribution >= 4 is 29.9 Å². The van der Waals surface area contributed by atoms with Gasteiger partial charge in [0.05, 0.1) is 12.6 Å². The summed E-state index contributed by atoms with van der Waals surface area (Å²) in [5.41, 5.74) is 0. The zero-order valence-corrected chi connectivity index (χ0v) is 17.0. The van der Waals surface area contributed by atoms with Crippen LogP contribution in [-0.4, -0.2) is 67.0 Å². The summed E-state index contributed by atoms with van der Waals surface area (Å²) in [6, 6.07) is 0.302. The summed E-state index contributed by atoms with van der Waals surface area (Å²) in [6.07, 6.45) is -0.142. The Morgan fingerprint density at radius 3 is 2.48 bits per heavy atom. The Morgan fingerprint density at radius 1 is 1.20 bits per heavy atom. The van der Waals surface area contributed by atoms with Crippen LogP contribution in [0.1, 0.15) is 39.0 Å². The summed E-state index contributed by atoms with van der Waals surface area (Å²) in [4.78, 5) is 6.02. The molecule has 3 N–H and O–H groups in total. The number of hydrogen-bond donors (Lipinski definition) is 3. The molecule has 1 aliphatic carbocycles. The Labute approximate surface area is 164 Å². The normalized spacial score (nSPS) is 28.5. The summed E-state index contributed by atoms with van der Waals surface area (Å²) in [5, 5.41) is 16.1. The van der Waals surface area contributed by atoms with Gasteiger partial charge in [-0.25, -0.2) is 0 Å². The minimum atomic E-state index is -4.12. The first-order valence-corrected chi connectivity index (χ1v) is 8.87. The van der Waals surface area contributed by atoms with Gasteiger partial charge in [0.25, 0.3) is 0 Å². The molecule has 2 aliphatic rings. The molecule has 1 saturated heterocycles. The number of aliphatic hydroxyl groups is 1. The zero-order valence-electron chi connectivity index (χ0n) is 14.7. The van der Waals surface area contributed by atoms with Crippen molar-refractivity contribution < 1.29 is 18.3 Å². The van der Waals surface area contributed by atoms with E-state index in [0.29, 0.717) is 25.7 Å². The number of alkyl halides is 3. The second kappa shape index (κ2) is 10.8. The maximum atomic E-state index is 12.4. The first kappa shape index (κ1) is 22.8. The second-order valence-corrected chi connectivity index (χ2v) is 6.87. The zero-order chi connectivity index (χ0) is 17.6. The Balaban J connectivity index is 0.00000312. The molecule has 0 aromatic heterocycles. The highest BCUT2D eigenvalue weighted by molar-refractivity contribution is 14.0. The fraction of sp³-hybridized carbons (Fsp3) is 0.938. The second-order valence-electron chi connectivity index (χ2n) is 6.87. The molecule has 25 heavy (non-hydrogen) atoms. The quantitative estimate of drug-likeness (QED) is 0.323. The van der Waals surface area contributed by atoms with E-state index in [0.717, 1.165) is 44.6 Å². The van der Waals surface area contributed by atoms with Crippen LogP contribution in [0.15, 0.2) is 4.99 Å². The van der Waals surface area contributed by atoms with Gasteiger partial charge < -0.3 is 15.7 Å². The molecule has 0 amide bonds. The molecule has 9 heteroatoms. The van der Waals surface area contributed by atoms with Crippen LogP contribution in [0.5, 0.6) is 0 Å². The van der Waals surface area contributed by atoms with Crippen molar-refractivity contribution in [3.63, 3.8) is 0 Å². The van der Waals surface area contributed by atoms with Gasteiger partial charge in [0.15, 0.2) is 5.96 Å². The summed E-state index contributed by atoms with van der Waals surface area (Å²) < 4.78 is 37.3. The fourth-order valence-electron chi connectivity index (χ4n) is 3.41. The topological polar surface area (TPSA) is 59.9 Å². The van der Waals surface area contributed by atoms with Crippen LogP contribution in [0.2, 0.25) is 0 Å². The molecule has 148 valence electrons. The van der Waals surface area contributed by atoms with Gasteiger partial charge in [0.2, 0.25) is 0 Å². The number of nitrogens with zero attached hydrogens (tertiary/aromatic N) is 2. The average Bonchev–Trinajstić information content (AvgIpc) is 2.93. The van der Waals surface area contributed by atoms with E-state index in [-0.39, 0.29) is 36.0 Å². The number of rotatable bonds is 5. The molecule has 2 rings (SSSR count). The molecule has 2 fully saturated rings. The molecule has 1 atom stereocenters. The SMILES string of the molecule is CCNC(=NCC1CCN(CC(F)(F)F)C1)NC1CCC(O)CC1.I. The number of hydrogen-bond acceptors (Lipinski definition) is 3. The van der Waals surface area contributed by atoms with E-state index in [1.54, 1.807) is 0 Å². The number of aliphatic imine (C=N–C) groups is 1. The van der Waals surface area contributed by atoms with E-state index < -0.39 is 12.7 Å². The van der Waals surface area contributed by atoms with Crippen molar-refractivity contribution in [2.75, 3.05) is 32.7 Å². The standard InChI is InChI=1S/C16H29F3N4O.HI/c1-2-20-15(22-13-3-5-14(24)6-4-13)21-9-12-7-8-23(10-12)11-16(17,18)19;/h12-14,24H,2-11H2,1H3,(H2,20,21,22);1H. The number of nitrogens with one attached hydrogen (secondary N) is 2. The highest BCUT2D eigenvalue weighted by Crippen LogP contribution is 2.23. The van der Waals surface area contributed by atoms with Crippen LogP contribution < -0.4 is 10.6 Å². The number of halogens is 4. The molecular weight excluding hydrogens is 448 g/mol. The van der Waals surface area contributed by atoms with Crippen LogP contribution in [0.3, 0.4) is 0 Å². The lowest BCUT2D eigenvalue weighted by molar-refractivity contribution is -0.143. The van der Waals surface area contributed by atoms with Gasteiger partial charge in [-0.3, -0.25) is 9.89 Å². The van der Waals surface area contributed by atoms with Crippen LogP contribution in [0.4, 0.5) is 13.2 Å². The monoisotopic (exact) mass is 478 g/mol. The molecular formula is C16H30F3IN4O. The predicted octanol–water partition coefficient (Wildman–Crippen LogP) is 2.35. The molecule has 1 unspecified atom stereocenters. The van der Waals surface area contributed by atoms with Crippen LogP contribution in [-0.2, 0) is 0 Å². The van der Waals surface area contributed by atoms with Crippen LogP contribution in [0.25, 0.3) is 0 Å². The molecule has 1 saturated carbocycles. The van der Waals surface area contributed by atoms with E-state index in [4.69, 9.17) is 0 Å². The third kappa shape index (κ3) is 8.76. The molecule has 0 spiro atoms. The Kier molecular flexibility index (Phi) is 9.79. The van der Waals surface area contributed by atoms with Gasteiger partial charge in [-0.15, -0.1) is 24.0 Å². The van der Waals surface area contributed by atoms with E-state index >= 15 is 0 Å². The highest BCUT2D eigenvalue weighted by Gasteiger charge is 2.34. The summed E-state index contributed by atoms with van der Waals surface area (Å²) in [6.45, 7) is 3.39. The summed E-state index contributed by atoms with van der Waals surface area (Å²) >= 11 is 0. The van der Waals surface area contributed by atoms with Crippen molar-refractivity contribution in [3.8, 4) is 0 Å². The number of guanidine groups is 1. The molecule has 0 bridgehead atoms. The molecule has 1 heterocycles. The number of likely N-dealkylation sites (tertiary alicyclic amines) is 1. The maximum Gasteiger partial charge on any atom is 0.401 e. The third-order valence-electron chi connectivity index (χ3n) is 4.66. The average molecular weight is 478 g/mol. The first-order valence-electron chi connectivity index (χ1n) is 8.87. The lowest BCUT2D eigenvalue weighted by Crippen LogP contribution is -2.45. The highest BCUT2D eigenvalue weighted by atomic mass is 127. The van der Waals surface area contributed by atoms with Crippen molar-refractivity contribution in [2.45, 2.75) is 57.3 Å². The minimum absolute atomic E-state index is 0. The van der Waals surface area contributed by atoms with E-state index in [1.807, 2.05) is 6.92 Å². The molecule has 0 aromatic rings. The number of aliphatic hydroxyl groups excluding tert-OH is 1. The lowest BCUT2D eigenvalue weighted by Gasteiger charge is -2.27. The lowest BCUT2D eigenvalue weighted by atomic mass is 9.93. The van der Waals surface area contributed by atoms with E-state index in [2.05, 4.69) is 15.6 Å². The maximum absolute atomic E-state index is 12.4. The van der Waals surface area contributed by atoms with Crippen molar-refractivity contribution in [2.24, 2.45) is 10.9 Å². The van der Waals surface area contributed by atoms with Gasteiger partial charge >= 0.3 is 6.18 Å². The van der Waals surface area contributed by atoms with Gasteiger partial charge in [-0.1, -0.05) is 0 Å². The minimum Gasteiger partial charge on any atom is -0.393 e. The van der Waals surface area contributed by atoms with Gasteiger partial charge in [0.1, 0.15) is 0 Å². The molecule has 1 aliphatic heterocycles. The van der Waals surface area contributed by atoms with Crippen molar-refractivity contribution in [3.05, 3.63) is 0 Å². The Bertz CT molecular complexity index is 415. The third-order valence-corrected chi connectivity index (χ3v) is 4.66. The van der Waals surface area contributed by atoms with Crippen molar-refractivity contribution in [1.29, 1.82) is 0 Å². The Morgan fingerprint density at radius 2 is 1.88 bits per heavy atom. The fourth-order valence-corrected chi connectivity index (χ4v) is 3.41. The molecule has 5 nitrogen and oxygen atoms in total.